The summed E-state index contributed by atoms with van der Waals surface area (Å²) in [7, 11) is 0. The summed E-state index contributed by atoms with van der Waals surface area (Å²) in [6.07, 6.45) is 9.74. The van der Waals surface area contributed by atoms with Crippen LogP contribution in [0.5, 0.6) is 0 Å². The third kappa shape index (κ3) is 4.88. The Morgan fingerprint density at radius 2 is 2.14 bits per heavy atom. The number of benzene rings is 1. The molecule has 3 fully saturated rings. The van der Waals surface area contributed by atoms with Crippen LogP contribution in [0.25, 0.3) is 5.57 Å². The van der Waals surface area contributed by atoms with Crippen LogP contribution >= 0.6 is 34.7 Å². The lowest BCUT2D eigenvalue weighted by atomic mass is 9.96. The van der Waals surface area contributed by atoms with Gasteiger partial charge in [0.05, 0.1) is 12.8 Å². The average Bonchev–Trinajstić information content (AvgIpc) is 3.63. The fourth-order valence-electron chi connectivity index (χ4n) is 3.60. The van der Waals surface area contributed by atoms with Gasteiger partial charge in [-0.15, -0.1) is 11.8 Å². The molecule has 2 aromatic rings. The van der Waals surface area contributed by atoms with E-state index in [1.807, 2.05) is 11.8 Å². The molecule has 3 aliphatic rings. The number of nitrogens with one attached hydrogen (secondary N) is 1. The summed E-state index contributed by atoms with van der Waals surface area (Å²) in [6, 6.07) is 6.57. The largest absolute Gasteiger partial charge is 0.381 e. The Hall–Kier alpha value is -1.34. The van der Waals surface area contributed by atoms with Gasteiger partial charge in [-0.2, -0.15) is 0 Å². The minimum absolute atomic E-state index is 0.132. The van der Waals surface area contributed by atoms with Gasteiger partial charge in [-0.1, -0.05) is 35.1 Å². The van der Waals surface area contributed by atoms with Crippen molar-refractivity contribution in [3.05, 3.63) is 45.9 Å². The summed E-state index contributed by atoms with van der Waals surface area (Å²) < 4.78 is 6.09. The maximum absolute atomic E-state index is 13.2. The van der Waals surface area contributed by atoms with E-state index in [1.165, 1.54) is 47.5 Å². The fraction of sp³-hybridized carbons (Fsp3) is 0.455. The summed E-state index contributed by atoms with van der Waals surface area (Å²) in [5.41, 5.74) is 3.11. The molecule has 0 radical (unpaired) electrons. The number of thiazole rings is 1. The van der Waals surface area contributed by atoms with Crippen molar-refractivity contribution in [3.63, 3.8) is 0 Å². The molecule has 0 spiro atoms. The first-order valence-corrected chi connectivity index (χ1v) is 12.3. The van der Waals surface area contributed by atoms with Gasteiger partial charge in [0, 0.05) is 28.2 Å². The number of nitrogens with zero attached hydrogens (tertiary/aromatic N) is 1. The fourth-order valence-corrected chi connectivity index (χ4v) is 5.65. The zero-order valence-corrected chi connectivity index (χ0v) is 18.4. The van der Waals surface area contributed by atoms with E-state index in [0.717, 1.165) is 23.8 Å². The van der Waals surface area contributed by atoms with Crippen LogP contribution in [-0.2, 0) is 9.53 Å². The molecular weight excluding hydrogens is 424 g/mol. The average molecular weight is 447 g/mol. The number of hydrogen-bond donors (Lipinski definition) is 1. The quantitative estimate of drug-likeness (QED) is 0.531. The van der Waals surface area contributed by atoms with Crippen LogP contribution in [0.2, 0.25) is 4.34 Å². The van der Waals surface area contributed by atoms with Crippen molar-refractivity contribution < 1.29 is 9.53 Å². The van der Waals surface area contributed by atoms with Crippen molar-refractivity contribution in [1.29, 1.82) is 0 Å². The Bertz CT molecular complexity index is 944. The molecule has 2 saturated carbocycles. The van der Waals surface area contributed by atoms with E-state index in [2.05, 4.69) is 34.6 Å². The van der Waals surface area contributed by atoms with Crippen LogP contribution in [0.1, 0.15) is 49.1 Å². The second kappa shape index (κ2) is 8.42. The summed E-state index contributed by atoms with van der Waals surface area (Å²) in [5.74, 6) is 0.779. The summed E-state index contributed by atoms with van der Waals surface area (Å²) in [6.45, 7) is 1.42. The zero-order chi connectivity index (χ0) is 19.8. The number of carbonyl (C=O) groups is 1. The zero-order valence-electron chi connectivity index (χ0n) is 16.0. The molecule has 5 rings (SSSR count). The molecule has 1 aromatic heterocycles. The summed E-state index contributed by atoms with van der Waals surface area (Å²) >= 11 is 9.26. The molecular formula is C22H23ClN2O2S2. The molecule has 1 unspecified atom stereocenters. The molecule has 2 heterocycles. The number of anilines is 1. The molecule has 4 nitrogen and oxygen atoms in total. The number of halogens is 1. The number of carbonyl (C=O) groups excluding carboxylic acids is 1. The second-order valence-electron chi connectivity index (χ2n) is 7.97. The lowest BCUT2D eigenvalue weighted by Crippen LogP contribution is -2.15. The maximum Gasteiger partial charge on any atom is 0.257 e. The van der Waals surface area contributed by atoms with Crippen LogP contribution < -0.4 is 5.32 Å². The van der Waals surface area contributed by atoms with Gasteiger partial charge in [0.25, 0.3) is 5.91 Å². The third-order valence-corrected chi connectivity index (χ3v) is 7.93. The van der Waals surface area contributed by atoms with Gasteiger partial charge >= 0.3 is 0 Å². The highest BCUT2D eigenvalue weighted by Crippen LogP contribution is 2.48. The van der Waals surface area contributed by atoms with Crippen LogP contribution in [0.15, 0.2) is 35.4 Å². The SMILES string of the molecule is O=C(Nc1ncc(Cl)s1)/C(=C/C1CCOC1)c1ccc(SC2CC2)c(C2CC2)c1. The van der Waals surface area contributed by atoms with Crippen molar-refractivity contribution in [2.75, 3.05) is 18.5 Å². The topological polar surface area (TPSA) is 51.2 Å². The Morgan fingerprint density at radius 1 is 1.28 bits per heavy atom. The van der Waals surface area contributed by atoms with Gasteiger partial charge in [-0.25, -0.2) is 4.98 Å². The number of hydrogen-bond acceptors (Lipinski definition) is 5. The summed E-state index contributed by atoms with van der Waals surface area (Å²) in [5, 5.41) is 4.23. The first-order chi connectivity index (χ1) is 14.2. The number of amides is 1. The molecule has 7 heteroatoms. The molecule has 1 aliphatic heterocycles. The van der Waals surface area contributed by atoms with Crippen molar-refractivity contribution in [2.24, 2.45) is 5.92 Å². The van der Waals surface area contributed by atoms with Crippen LogP contribution in [0.4, 0.5) is 5.13 Å². The van der Waals surface area contributed by atoms with E-state index in [9.17, 15) is 4.79 Å². The van der Waals surface area contributed by atoms with E-state index in [1.54, 1.807) is 6.20 Å². The Morgan fingerprint density at radius 3 is 2.79 bits per heavy atom. The molecule has 0 bridgehead atoms. The van der Waals surface area contributed by atoms with Gasteiger partial charge in [-0.05, 0) is 61.3 Å². The highest BCUT2D eigenvalue weighted by molar-refractivity contribution is 8.00. The highest BCUT2D eigenvalue weighted by Gasteiger charge is 2.30. The van der Waals surface area contributed by atoms with Crippen LogP contribution in [0.3, 0.4) is 0 Å². The molecule has 1 amide bonds. The number of aromatic nitrogens is 1. The van der Waals surface area contributed by atoms with Gasteiger partial charge in [0.1, 0.15) is 4.34 Å². The van der Waals surface area contributed by atoms with Crippen LogP contribution in [-0.4, -0.2) is 29.4 Å². The number of thioether (sulfide) groups is 1. The monoisotopic (exact) mass is 446 g/mol. The van der Waals surface area contributed by atoms with Crippen molar-refractivity contribution >= 4 is 51.3 Å². The molecule has 1 atom stereocenters. The normalized spacial score (nSPS) is 22.1. The lowest BCUT2D eigenvalue weighted by Gasteiger charge is -2.14. The number of ether oxygens (including phenoxy) is 1. The first kappa shape index (κ1) is 19.6. The molecule has 1 N–H and O–H groups in total. The van der Waals surface area contributed by atoms with Crippen molar-refractivity contribution in [1.82, 2.24) is 4.98 Å². The molecule has 29 heavy (non-hydrogen) atoms. The molecule has 152 valence electrons. The van der Waals surface area contributed by atoms with E-state index in [-0.39, 0.29) is 11.8 Å². The van der Waals surface area contributed by atoms with Crippen LogP contribution in [0, 0.1) is 5.92 Å². The van der Waals surface area contributed by atoms with Crippen molar-refractivity contribution in [2.45, 2.75) is 48.2 Å². The minimum Gasteiger partial charge on any atom is -0.381 e. The minimum atomic E-state index is -0.132. The van der Waals surface area contributed by atoms with Gasteiger partial charge in [0.2, 0.25) is 0 Å². The van der Waals surface area contributed by atoms with E-state index >= 15 is 0 Å². The van der Waals surface area contributed by atoms with Gasteiger partial charge in [-0.3, -0.25) is 10.1 Å². The molecule has 1 aromatic carbocycles. The number of rotatable bonds is 7. The highest BCUT2D eigenvalue weighted by atomic mass is 35.5. The smallest absolute Gasteiger partial charge is 0.257 e. The summed E-state index contributed by atoms with van der Waals surface area (Å²) in [4.78, 5) is 18.7. The van der Waals surface area contributed by atoms with Gasteiger partial charge in [0.15, 0.2) is 5.13 Å². The second-order valence-corrected chi connectivity index (χ2v) is 11.0. The Kier molecular flexibility index (Phi) is 5.69. The lowest BCUT2D eigenvalue weighted by molar-refractivity contribution is -0.111. The third-order valence-electron chi connectivity index (χ3n) is 5.47. The Labute approximate surface area is 184 Å². The van der Waals surface area contributed by atoms with Gasteiger partial charge < -0.3 is 4.74 Å². The predicted molar refractivity (Wildman–Crippen MR) is 120 cm³/mol. The molecule has 2 aliphatic carbocycles. The first-order valence-electron chi connectivity index (χ1n) is 10.2. The molecule has 1 saturated heterocycles. The van der Waals surface area contributed by atoms with E-state index in [4.69, 9.17) is 16.3 Å². The standard InChI is InChI=1S/C22H23ClN2O2S2/c23-20-11-24-22(29-20)25-21(26)18(9-13-7-8-27-12-13)15-3-6-19(28-16-4-5-16)17(10-15)14-1-2-14/h3,6,9-11,13-14,16H,1-2,4-5,7-8,12H2,(H,24,25,26)/b18-9+. The predicted octanol–water partition coefficient (Wildman–Crippen LogP) is 5.99. The van der Waals surface area contributed by atoms with E-state index < -0.39 is 0 Å². The maximum atomic E-state index is 13.2. The van der Waals surface area contributed by atoms with Crippen molar-refractivity contribution in [3.8, 4) is 0 Å². The Balaban J connectivity index is 1.46. The van der Waals surface area contributed by atoms with E-state index in [0.29, 0.717) is 27.6 Å².